The minimum Gasteiger partial charge on any atom is -0.326 e. The van der Waals surface area contributed by atoms with Gasteiger partial charge in [0.05, 0.1) is 0 Å². The average molecular weight is 307 g/mol. The zero-order chi connectivity index (χ0) is 15.2. The molecule has 0 spiro atoms. The van der Waals surface area contributed by atoms with Crippen molar-refractivity contribution in [2.75, 3.05) is 11.1 Å². The number of amides is 1. The first-order valence-electron chi connectivity index (χ1n) is 6.49. The smallest absolute Gasteiger partial charge is 0.225 e. The number of benzene rings is 2. The lowest BCUT2D eigenvalue weighted by Gasteiger charge is -2.06. The highest BCUT2D eigenvalue weighted by Crippen LogP contribution is 2.21. The summed E-state index contributed by atoms with van der Waals surface area (Å²) in [5.41, 5.74) is 1.83. The maximum Gasteiger partial charge on any atom is 0.225 e. The molecule has 0 fully saturated rings. The van der Waals surface area contributed by atoms with Crippen molar-refractivity contribution in [3.8, 4) is 0 Å². The molecular weight excluding hydrogens is 292 g/mol. The quantitative estimate of drug-likeness (QED) is 0.830. The first-order valence-corrected chi connectivity index (χ1v) is 7.47. The summed E-state index contributed by atoms with van der Waals surface area (Å²) in [5, 5.41) is 2.80. The maximum atomic E-state index is 13.0. The third-order valence-electron chi connectivity index (χ3n) is 2.79. The molecular formula is C16H15F2NOS. The van der Waals surface area contributed by atoms with Crippen molar-refractivity contribution in [3.05, 3.63) is 59.7 Å². The van der Waals surface area contributed by atoms with Gasteiger partial charge < -0.3 is 5.32 Å². The molecule has 0 atom stereocenters. The molecule has 0 saturated heterocycles. The molecule has 110 valence electrons. The number of hydrogen-bond acceptors (Lipinski definition) is 2. The van der Waals surface area contributed by atoms with Crippen LogP contribution in [0.1, 0.15) is 12.0 Å². The largest absolute Gasteiger partial charge is 0.326 e. The monoisotopic (exact) mass is 307 g/mol. The summed E-state index contributed by atoms with van der Waals surface area (Å²) in [6.45, 7) is 1.95. The van der Waals surface area contributed by atoms with Gasteiger partial charge in [0.25, 0.3) is 0 Å². The minimum atomic E-state index is -0.871. The molecule has 5 heteroatoms. The van der Waals surface area contributed by atoms with Crippen LogP contribution in [-0.2, 0) is 4.79 Å². The molecule has 0 aliphatic carbocycles. The number of halogens is 2. The van der Waals surface area contributed by atoms with Crippen LogP contribution in [0.4, 0.5) is 14.5 Å². The fraction of sp³-hybridized carbons (Fsp3) is 0.188. The van der Waals surface area contributed by atoms with E-state index in [1.165, 1.54) is 17.8 Å². The van der Waals surface area contributed by atoms with Gasteiger partial charge in [0, 0.05) is 22.8 Å². The maximum absolute atomic E-state index is 13.0. The number of aryl methyl sites for hydroxylation is 1. The van der Waals surface area contributed by atoms with Crippen molar-refractivity contribution in [1.29, 1.82) is 0 Å². The van der Waals surface area contributed by atoms with Crippen LogP contribution in [0.5, 0.6) is 0 Å². The molecule has 21 heavy (non-hydrogen) atoms. The molecule has 2 aromatic rings. The van der Waals surface area contributed by atoms with Crippen molar-refractivity contribution in [1.82, 2.24) is 0 Å². The Balaban J connectivity index is 1.80. The van der Waals surface area contributed by atoms with E-state index in [9.17, 15) is 13.6 Å². The highest BCUT2D eigenvalue weighted by molar-refractivity contribution is 7.99. The third-order valence-corrected chi connectivity index (χ3v) is 3.79. The second-order valence-electron chi connectivity index (χ2n) is 4.59. The summed E-state index contributed by atoms with van der Waals surface area (Å²) < 4.78 is 25.8. The fourth-order valence-corrected chi connectivity index (χ4v) is 2.65. The number of thioether (sulfide) groups is 1. The highest BCUT2D eigenvalue weighted by atomic mass is 32.2. The Morgan fingerprint density at radius 1 is 1.14 bits per heavy atom. The van der Waals surface area contributed by atoms with E-state index < -0.39 is 11.6 Å². The molecule has 1 amide bonds. The molecule has 0 radical (unpaired) electrons. The molecule has 2 rings (SSSR count). The molecule has 1 N–H and O–H groups in total. The van der Waals surface area contributed by atoms with Crippen LogP contribution in [-0.4, -0.2) is 11.7 Å². The standard InChI is InChI=1S/C16H15F2NOS/c1-11-3-2-4-12(9-11)19-16(20)7-8-21-13-5-6-14(17)15(18)10-13/h2-6,9-10H,7-8H2,1H3,(H,19,20). The van der Waals surface area contributed by atoms with Gasteiger partial charge in [0.1, 0.15) is 0 Å². The normalized spacial score (nSPS) is 10.4. The van der Waals surface area contributed by atoms with Crippen molar-refractivity contribution in [2.45, 2.75) is 18.2 Å². The van der Waals surface area contributed by atoms with E-state index in [2.05, 4.69) is 5.32 Å². The van der Waals surface area contributed by atoms with Crippen molar-refractivity contribution in [3.63, 3.8) is 0 Å². The number of carbonyl (C=O) groups excluding carboxylic acids is 1. The van der Waals surface area contributed by atoms with Crippen LogP contribution in [0.3, 0.4) is 0 Å². The SMILES string of the molecule is Cc1cccc(NC(=O)CCSc2ccc(F)c(F)c2)c1. The second kappa shape index (κ2) is 7.22. The van der Waals surface area contributed by atoms with Gasteiger partial charge in [-0.05, 0) is 42.8 Å². The molecule has 0 bridgehead atoms. The van der Waals surface area contributed by atoms with Gasteiger partial charge in [-0.1, -0.05) is 12.1 Å². The second-order valence-corrected chi connectivity index (χ2v) is 5.76. The lowest BCUT2D eigenvalue weighted by Crippen LogP contribution is -2.12. The van der Waals surface area contributed by atoms with E-state index in [1.807, 2.05) is 31.2 Å². The highest BCUT2D eigenvalue weighted by Gasteiger charge is 2.05. The summed E-state index contributed by atoms with van der Waals surface area (Å²) in [6, 6.07) is 11.3. The lowest BCUT2D eigenvalue weighted by molar-refractivity contribution is -0.115. The Labute approximate surface area is 126 Å². The molecule has 0 saturated carbocycles. The van der Waals surface area contributed by atoms with Crippen molar-refractivity contribution in [2.24, 2.45) is 0 Å². The van der Waals surface area contributed by atoms with Gasteiger partial charge in [-0.25, -0.2) is 8.78 Å². The zero-order valence-corrected chi connectivity index (χ0v) is 12.3. The van der Waals surface area contributed by atoms with E-state index in [4.69, 9.17) is 0 Å². The van der Waals surface area contributed by atoms with Crippen LogP contribution >= 0.6 is 11.8 Å². The van der Waals surface area contributed by atoms with E-state index in [-0.39, 0.29) is 5.91 Å². The van der Waals surface area contributed by atoms with Crippen LogP contribution in [0.2, 0.25) is 0 Å². The fourth-order valence-electron chi connectivity index (χ4n) is 1.77. The summed E-state index contributed by atoms with van der Waals surface area (Å²) >= 11 is 1.32. The first kappa shape index (κ1) is 15.5. The molecule has 2 nitrogen and oxygen atoms in total. The van der Waals surface area contributed by atoms with Crippen molar-refractivity contribution >= 4 is 23.4 Å². The zero-order valence-electron chi connectivity index (χ0n) is 11.5. The Bertz CT molecular complexity index is 646. The Morgan fingerprint density at radius 3 is 2.67 bits per heavy atom. The molecule has 0 aromatic heterocycles. The summed E-state index contributed by atoms with van der Waals surface area (Å²) in [6.07, 6.45) is 0.303. The van der Waals surface area contributed by atoms with Crippen LogP contribution in [0, 0.1) is 18.6 Å². The number of nitrogens with one attached hydrogen (secondary N) is 1. The molecule has 0 aliphatic heterocycles. The molecule has 0 heterocycles. The topological polar surface area (TPSA) is 29.1 Å². The predicted octanol–water partition coefficient (Wildman–Crippen LogP) is 4.39. The van der Waals surface area contributed by atoms with Gasteiger partial charge in [-0.15, -0.1) is 11.8 Å². The number of hydrogen-bond donors (Lipinski definition) is 1. The van der Waals surface area contributed by atoms with E-state index in [0.29, 0.717) is 17.1 Å². The van der Waals surface area contributed by atoms with Gasteiger partial charge in [0.15, 0.2) is 11.6 Å². The number of rotatable bonds is 5. The predicted molar refractivity (Wildman–Crippen MR) is 81.5 cm³/mol. The summed E-state index contributed by atoms with van der Waals surface area (Å²) in [4.78, 5) is 12.4. The number of anilines is 1. The van der Waals surface area contributed by atoms with Gasteiger partial charge in [-0.3, -0.25) is 4.79 Å². The van der Waals surface area contributed by atoms with Gasteiger partial charge >= 0.3 is 0 Å². The summed E-state index contributed by atoms with van der Waals surface area (Å²) in [5.74, 6) is -1.33. The van der Waals surface area contributed by atoms with E-state index in [0.717, 1.165) is 23.4 Å². The average Bonchev–Trinajstić information content (AvgIpc) is 2.43. The van der Waals surface area contributed by atoms with E-state index >= 15 is 0 Å². The van der Waals surface area contributed by atoms with Crippen LogP contribution < -0.4 is 5.32 Å². The summed E-state index contributed by atoms with van der Waals surface area (Å²) in [7, 11) is 0. The Hall–Kier alpha value is -1.88. The third kappa shape index (κ3) is 4.86. The van der Waals surface area contributed by atoms with Gasteiger partial charge in [0.2, 0.25) is 5.91 Å². The Morgan fingerprint density at radius 2 is 1.95 bits per heavy atom. The van der Waals surface area contributed by atoms with Crippen molar-refractivity contribution < 1.29 is 13.6 Å². The number of carbonyl (C=O) groups is 1. The molecule has 0 aliphatic rings. The van der Waals surface area contributed by atoms with Gasteiger partial charge in [-0.2, -0.15) is 0 Å². The van der Waals surface area contributed by atoms with Crippen LogP contribution in [0.15, 0.2) is 47.4 Å². The lowest BCUT2D eigenvalue weighted by atomic mass is 10.2. The van der Waals surface area contributed by atoms with Crippen LogP contribution in [0.25, 0.3) is 0 Å². The first-order chi connectivity index (χ1) is 10.0. The minimum absolute atomic E-state index is 0.101. The molecule has 0 unspecified atom stereocenters. The molecule has 2 aromatic carbocycles. The Kier molecular flexibility index (Phi) is 5.33. The van der Waals surface area contributed by atoms with E-state index in [1.54, 1.807) is 0 Å².